The molecule has 0 unspecified atom stereocenters. The van der Waals surface area contributed by atoms with Gasteiger partial charge in [-0.3, -0.25) is 0 Å². The van der Waals surface area contributed by atoms with Crippen LogP contribution in [0.25, 0.3) is 0 Å². The highest BCUT2D eigenvalue weighted by molar-refractivity contribution is 6.04. The maximum atomic E-state index is 10.4. The minimum absolute atomic E-state index is 0.152. The first-order valence-corrected chi connectivity index (χ1v) is 9.22. The Hall–Kier alpha value is -2.69. The van der Waals surface area contributed by atoms with Gasteiger partial charge in [-0.25, -0.2) is 5.01 Å². The van der Waals surface area contributed by atoms with Crippen molar-refractivity contribution in [1.82, 2.24) is 5.01 Å². The quantitative estimate of drug-likeness (QED) is 0.881. The molecule has 5 heteroatoms. The van der Waals surface area contributed by atoms with Crippen LogP contribution in [0.5, 0.6) is 17.2 Å². The number of ether oxygens (including phenoxy) is 2. The van der Waals surface area contributed by atoms with Gasteiger partial charge in [0, 0.05) is 30.4 Å². The van der Waals surface area contributed by atoms with Gasteiger partial charge in [-0.1, -0.05) is 18.2 Å². The van der Waals surface area contributed by atoms with Crippen molar-refractivity contribution >= 4 is 5.71 Å². The fourth-order valence-corrected chi connectivity index (χ4v) is 4.52. The predicted molar refractivity (Wildman–Crippen MR) is 98.7 cm³/mol. The summed E-state index contributed by atoms with van der Waals surface area (Å²) in [5.41, 5.74) is 2.45. The Morgan fingerprint density at radius 1 is 1.19 bits per heavy atom. The number of phenols is 1. The van der Waals surface area contributed by atoms with Crippen molar-refractivity contribution in [3.05, 3.63) is 53.6 Å². The van der Waals surface area contributed by atoms with Gasteiger partial charge in [0.2, 0.25) is 0 Å². The van der Waals surface area contributed by atoms with E-state index in [1.165, 1.54) is 5.56 Å². The predicted octanol–water partition coefficient (Wildman–Crippen LogP) is 4.21. The number of rotatable bonds is 2. The second kappa shape index (κ2) is 5.66. The average molecular weight is 350 g/mol. The van der Waals surface area contributed by atoms with Crippen LogP contribution in [0.1, 0.15) is 49.3 Å². The Morgan fingerprint density at radius 3 is 2.81 bits per heavy atom. The molecule has 2 aromatic carbocycles. The Balaban J connectivity index is 1.61. The molecule has 5 nitrogen and oxygen atoms in total. The van der Waals surface area contributed by atoms with Crippen molar-refractivity contribution in [3.8, 4) is 17.2 Å². The summed E-state index contributed by atoms with van der Waals surface area (Å²) in [5.74, 6) is 1.93. The molecular formula is C21H22N2O3. The van der Waals surface area contributed by atoms with Crippen LogP contribution < -0.4 is 9.47 Å². The maximum Gasteiger partial charge on any atom is 0.198 e. The zero-order valence-corrected chi connectivity index (χ0v) is 14.8. The summed E-state index contributed by atoms with van der Waals surface area (Å²) in [7, 11) is 1.63. The molecule has 26 heavy (non-hydrogen) atoms. The molecule has 134 valence electrons. The first kappa shape index (κ1) is 15.6. The zero-order valence-electron chi connectivity index (χ0n) is 14.8. The SMILES string of the molecule is COc1ccc(O)c(C2=NN3[C@H](C2)c2ccccc2OC32CCCC2)c1. The third-order valence-electron chi connectivity index (χ3n) is 5.81. The van der Waals surface area contributed by atoms with Crippen LogP contribution in [0, 0.1) is 0 Å². The highest BCUT2D eigenvalue weighted by atomic mass is 16.5. The van der Waals surface area contributed by atoms with Crippen molar-refractivity contribution < 1.29 is 14.6 Å². The normalized spacial score (nSPS) is 22.6. The van der Waals surface area contributed by atoms with Gasteiger partial charge in [0.05, 0.1) is 18.9 Å². The minimum atomic E-state index is -0.352. The van der Waals surface area contributed by atoms with Crippen LogP contribution in [-0.2, 0) is 0 Å². The van der Waals surface area contributed by atoms with Crippen LogP contribution in [0.2, 0.25) is 0 Å². The summed E-state index contributed by atoms with van der Waals surface area (Å²) < 4.78 is 11.8. The lowest BCUT2D eigenvalue weighted by atomic mass is 9.94. The second-order valence-electron chi connectivity index (χ2n) is 7.29. The van der Waals surface area contributed by atoms with Crippen molar-refractivity contribution in [2.75, 3.05) is 7.11 Å². The Bertz CT molecular complexity index is 887. The lowest BCUT2D eigenvalue weighted by Gasteiger charge is -2.45. The Morgan fingerprint density at radius 2 is 2.00 bits per heavy atom. The standard InChI is InChI=1S/C21H22N2O3/c1-25-14-8-9-19(24)16(12-14)17-13-18-15-6-2-3-7-20(15)26-21(23(18)22-17)10-4-5-11-21/h2-3,6-9,12,18,24H,4-5,10-11,13H2,1H3/t18-/m1/s1. The van der Waals surface area contributed by atoms with Crippen LogP contribution in [0.3, 0.4) is 0 Å². The summed E-state index contributed by atoms with van der Waals surface area (Å²) in [6.45, 7) is 0. The lowest BCUT2D eigenvalue weighted by molar-refractivity contribution is -0.114. The van der Waals surface area contributed by atoms with E-state index in [-0.39, 0.29) is 17.5 Å². The third kappa shape index (κ3) is 2.19. The Kier molecular flexibility index (Phi) is 3.39. The molecule has 2 aliphatic heterocycles. The zero-order chi connectivity index (χ0) is 17.7. The molecule has 5 rings (SSSR count). The summed E-state index contributed by atoms with van der Waals surface area (Å²) in [6.07, 6.45) is 5.03. The van der Waals surface area contributed by atoms with Crippen molar-refractivity contribution in [2.45, 2.75) is 43.9 Å². The molecule has 1 saturated carbocycles. The van der Waals surface area contributed by atoms with E-state index in [4.69, 9.17) is 14.6 Å². The van der Waals surface area contributed by atoms with Gasteiger partial charge < -0.3 is 14.6 Å². The van der Waals surface area contributed by atoms with Gasteiger partial charge >= 0.3 is 0 Å². The monoisotopic (exact) mass is 350 g/mol. The summed E-state index contributed by atoms with van der Waals surface area (Å²) in [4.78, 5) is 0. The van der Waals surface area contributed by atoms with Gasteiger partial charge in [0.25, 0.3) is 0 Å². The van der Waals surface area contributed by atoms with Gasteiger partial charge in [-0.05, 0) is 37.1 Å². The minimum Gasteiger partial charge on any atom is -0.507 e. The van der Waals surface area contributed by atoms with Gasteiger partial charge in [0.15, 0.2) is 5.72 Å². The number of hydrazone groups is 1. The first-order valence-electron chi connectivity index (χ1n) is 9.22. The molecule has 1 fully saturated rings. The van der Waals surface area contributed by atoms with E-state index in [1.807, 2.05) is 18.2 Å². The molecule has 3 aliphatic rings. The molecule has 1 spiro atoms. The maximum absolute atomic E-state index is 10.4. The van der Waals surface area contributed by atoms with E-state index >= 15 is 0 Å². The van der Waals surface area contributed by atoms with Crippen LogP contribution in [-0.4, -0.2) is 28.7 Å². The molecule has 0 saturated heterocycles. The number of methoxy groups -OCH3 is 1. The number of hydrogen-bond acceptors (Lipinski definition) is 5. The van der Waals surface area contributed by atoms with Gasteiger partial charge in [0.1, 0.15) is 17.2 Å². The van der Waals surface area contributed by atoms with E-state index in [0.717, 1.165) is 54.9 Å². The van der Waals surface area contributed by atoms with Crippen LogP contribution in [0.4, 0.5) is 0 Å². The van der Waals surface area contributed by atoms with Crippen LogP contribution >= 0.6 is 0 Å². The highest BCUT2D eigenvalue weighted by Gasteiger charge is 2.51. The van der Waals surface area contributed by atoms with E-state index in [2.05, 4.69) is 17.1 Å². The number of fused-ring (bicyclic) bond motifs is 4. The molecule has 0 amide bonds. The number of phenolic OH excluding ortho intramolecular Hbond substituents is 1. The summed E-state index contributed by atoms with van der Waals surface area (Å²) >= 11 is 0. The lowest BCUT2D eigenvalue weighted by Crippen LogP contribution is -2.51. The number of aromatic hydroxyl groups is 1. The van der Waals surface area contributed by atoms with Crippen molar-refractivity contribution in [3.63, 3.8) is 0 Å². The molecular weight excluding hydrogens is 328 g/mol. The molecule has 0 bridgehead atoms. The molecule has 1 aliphatic carbocycles. The second-order valence-corrected chi connectivity index (χ2v) is 7.29. The van der Waals surface area contributed by atoms with E-state index in [1.54, 1.807) is 19.2 Å². The Labute approximate surface area is 152 Å². The topological polar surface area (TPSA) is 54.3 Å². The van der Waals surface area contributed by atoms with E-state index in [9.17, 15) is 5.11 Å². The fraction of sp³-hybridized carbons (Fsp3) is 0.381. The molecule has 0 aromatic heterocycles. The molecule has 1 N–H and O–H groups in total. The number of benzene rings is 2. The summed E-state index contributed by atoms with van der Waals surface area (Å²) in [6, 6.07) is 13.7. The third-order valence-corrected chi connectivity index (χ3v) is 5.81. The molecule has 2 aromatic rings. The van der Waals surface area contributed by atoms with E-state index < -0.39 is 0 Å². The number of para-hydroxylation sites is 1. The first-order chi connectivity index (χ1) is 12.7. The highest BCUT2D eigenvalue weighted by Crippen LogP contribution is 2.52. The van der Waals surface area contributed by atoms with Crippen LogP contribution in [0.15, 0.2) is 47.6 Å². The van der Waals surface area contributed by atoms with Gasteiger partial charge in [-0.15, -0.1) is 0 Å². The molecule has 0 radical (unpaired) electrons. The number of nitrogens with zero attached hydrogens (tertiary/aromatic N) is 2. The molecule has 2 heterocycles. The summed E-state index contributed by atoms with van der Waals surface area (Å²) in [5, 5.41) is 17.5. The van der Waals surface area contributed by atoms with Gasteiger partial charge in [-0.2, -0.15) is 5.10 Å². The molecule has 1 atom stereocenters. The largest absolute Gasteiger partial charge is 0.507 e. The van der Waals surface area contributed by atoms with Crippen molar-refractivity contribution in [1.29, 1.82) is 0 Å². The fourth-order valence-electron chi connectivity index (χ4n) is 4.52. The smallest absolute Gasteiger partial charge is 0.198 e. The number of hydrogen-bond donors (Lipinski definition) is 1. The van der Waals surface area contributed by atoms with E-state index in [0.29, 0.717) is 0 Å². The van der Waals surface area contributed by atoms with Crippen molar-refractivity contribution in [2.24, 2.45) is 5.10 Å². The average Bonchev–Trinajstić information content (AvgIpc) is 3.31.